The number of carbonyl (C=O) groups is 3. The maximum absolute atomic E-state index is 13.4. The van der Waals surface area contributed by atoms with Crippen LogP contribution >= 0.6 is 0 Å². The van der Waals surface area contributed by atoms with Crippen LogP contribution < -0.4 is 0 Å². The number of likely N-dealkylation sites (tertiary alicyclic amines) is 1. The first-order valence-corrected chi connectivity index (χ1v) is 8.93. The van der Waals surface area contributed by atoms with E-state index in [-0.39, 0.29) is 35.7 Å². The summed E-state index contributed by atoms with van der Waals surface area (Å²) in [6, 6.07) is 3.99. The van der Waals surface area contributed by atoms with E-state index in [4.69, 9.17) is 4.74 Å². The molecule has 1 saturated heterocycles. The first kappa shape index (κ1) is 20.8. The van der Waals surface area contributed by atoms with Crippen molar-refractivity contribution in [1.29, 1.82) is 0 Å². The first-order valence-electron chi connectivity index (χ1n) is 8.93. The standard InChI is InChI=1S/C19H24F2N2O4/c1-4-7-22(3)16(24)13-9-14(11-15(10-13)18(26)27-5-2)17(25)23-8-6-19(20,21)12-23/h9-11H,4-8,12H2,1-3H3. The Bertz CT molecular complexity index is 736. The highest BCUT2D eigenvalue weighted by Crippen LogP contribution is 2.28. The highest BCUT2D eigenvalue weighted by atomic mass is 19.3. The van der Waals surface area contributed by atoms with E-state index in [0.717, 1.165) is 11.3 Å². The van der Waals surface area contributed by atoms with Gasteiger partial charge in [0.2, 0.25) is 0 Å². The highest BCUT2D eigenvalue weighted by Gasteiger charge is 2.40. The van der Waals surface area contributed by atoms with E-state index < -0.39 is 30.8 Å². The fourth-order valence-electron chi connectivity index (χ4n) is 2.96. The number of nitrogens with zero attached hydrogens (tertiary/aromatic N) is 2. The molecule has 0 N–H and O–H groups in total. The molecule has 0 unspecified atom stereocenters. The van der Waals surface area contributed by atoms with Gasteiger partial charge < -0.3 is 14.5 Å². The summed E-state index contributed by atoms with van der Waals surface area (Å²) >= 11 is 0. The van der Waals surface area contributed by atoms with Gasteiger partial charge in [-0.15, -0.1) is 0 Å². The number of amides is 2. The van der Waals surface area contributed by atoms with Crippen molar-refractivity contribution in [3.63, 3.8) is 0 Å². The Morgan fingerprint density at radius 1 is 1.15 bits per heavy atom. The summed E-state index contributed by atoms with van der Waals surface area (Å²) in [5.74, 6) is -4.59. The second kappa shape index (κ2) is 8.45. The molecule has 6 nitrogen and oxygen atoms in total. The molecule has 0 radical (unpaired) electrons. The summed E-state index contributed by atoms with van der Waals surface area (Å²) in [6.45, 7) is 3.45. The highest BCUT2D eigenvalue weighted by molar-refractivity contribution is 6.03. The Hall–Kier alpha value is -2.51. The van der Waals surface area contributed by atoms with Gasteiger partial charge in [0.25, 0.3) is 17.7 Å². The summed E-state index contributed by atoms with van der Waals surface area (Å²) in [6.07, 6.45) is 0.343. The molecule has 2 amide bonds. The average molecular weight is 382 g/mol. The SMILES string of the molecule is CCCN(C)C(=O)c1cc(C(=O)OCC)cc(C(=O)N2CCC(F)(F)C2)c1. The van der Waals surface area contributed by atoms with Crippen molar-refractivity contribution in [2.24, 2.45) is 0 Å². The van der Waals surface area contributed by atoms with Crippen molar-refractivity contribution < 1.29 is 27.9 Å². The summed E-state index contributed by atoms with van der Waals surface area (Å²) in [4.78, 5) is 39.9. The normalized spacial score (nSPS) is 15.5. The second-order valence-electron chi connectivity index (χ2n) is 6.58. The van der Waals surface area contributed by atoms with Gasteiger partial charge in [-0.05, 0) is 31.5 Å². The number of rotatable bonds is 6. The van der Waals surface area contributed by atoms with Gasteiger partial charge in [-0.1, -0.05) is 6.92 Å². The predicted octanol–water partition coefficient (Wildman–Crippen LogP) is 2.83. The quantitative estimate of drug-likeness (QED) is 0.710. The van der Waals surface area contributed by atoms with Crippen LogP contribution in [0.3, 0.4) is 0 Å². The molecule has 0 aromatic heterocycles. The van der Waals surface area contributed by atoms with Gasteiger partial charge in [0.15, 0.2) is 0 Å². The molecule has 148 valence electrons. The van der Waals surface area contributed by atoms with Crippen LogP contribution in [0.4, 0.5) is 8.78 Å². The lowest BCUT2D eigenvalue weighted by molar-refractivity contribution is 0.0120. The number of esters is 1. The van der Waals surface area contributed by atoms with Crippen LogP contribution in [0.25, 0.3) is 0 Å². The van der Waals surface area contributed by atoms with Crippen molar-refractivity contribution in [3.05, 3.63) is 34.9 Å². The van der Waals surface area contributed by atoms with Crippen LogP contribution in [0.5, 0.6) is 0 Å². The number of alkyl halides is 2. The number of carbonyl (C=O) groups excluding carboxylic acids is 3. The molecule has 1 aliphatic rings. The third kappa shape index (κ3) is 5.02. The van der Waals surface area contributed by atoms with Gasteiger partial charge in [0.1, 0.15) is 0 Å². The van der Waals surface area contributed by atoms with Crippen LogP contribution in [-0.2, 0) is 4.74 Å². The number of hydrogen-bond acceptors (Lipinski definition) is 4. The number of hydrogen-bond donors (Lipinski definition) is 0. The average Bonchev–Trinajstić information content (AvgIpc) is 3.00. The third-order valence-corrected chi connectivity index (χ3v) is 4.30. The molecule has 1 heterocycles. The minimum Gasteiger partial charge on any atom is -0.462 e. The predicted molar refractivity (Wildman–Crippen MR) is 95.1 cm³/mol. The topological polar surface area (TPSA) is 66.9 Å². The zero-order valence-electron chi connectivity index (χ0n) is 15.8. The van der Waals surface area contributed by atoms with E-state index in [9.17, 15) is 23.2 Å². The molecule has 1 aromatic rings. The minimum atomic E-state index is -2.92. The van der Waals surface area contributed by atoms with Crippen LogP contribution in [0.15, 0.2) is 18.2 Å². The van der Waals surface area contributed by atoms with E-state index in [0.29, 0.717) is 6.54 Å². The van der Waals surface area contributed by atoms with Crippen molar-refractivity contribution in [3.8, 4) is 0 Å². The summed E-state index contributed by atoms with van der Waals surface area (Å²) in [7, 11) is 1.62. The number of ether oxygens (including phenoxy) is 1. The first-order chi connectivity index (χ1) is 12.7. The van der Waals surface area contributed by atoms with Crippen molar-refractivity contribution >= 4 is 17.8 Å². The molecule has 0 bridgehead atoms. The molecule has 1 aliphatic heterocycles. The van der Waals surface area contributed by atoms with Gasteiger partial charge in [-0.2, -0.15) is 0 Å². The van der Waals surface area contributed by atoms with Crippen molar-refractivity contribution in [1.82, 2.24) is 9.80 Å². The Morgan fingerprint density at radius 2 is 1.78 bits per heavy atom. The molecule has 2 rings (SSSR count). The zero-order chi connectivity index (χ0) is 20.2. The second-order valence-corrected chi connectivity index (χ2v) is 6.58. The lowest BCUT2D eigenvalue weighted by atomic mass is 10.0. The van der Waals surface area contributed by atoms with Gasteiger partial charge in [-0.3, -0.25) is 9.59 Å². The van der Waals surface area contributed by atoms with Crippen LogP contribution in [0.2, 0.25) is 0 Å². The summed E-state index contributed by atoms with van der Waals surface area (Å²) < 4.78 is 31.9. The maximum atomic E-state index is 13.4. The van der Waals surface area contributed by atoms with E-state index in [1.54, 1.807) is 14.0 Å². The van der Waals surface area contributed by atoms with E-state index in [2.05, 4.69) is 0 Å². The van der Waals surface area contributed by atoms with Crippen LogP contribution in [0, 0.1) is 0 Å². The summed E-state index contributed by atoms with van der Waals surface area (Å²) in [5, 5.41) is 0. The molecule has 0 atom stereocenters. The fraction of sp³-hybridized carbons (Fsp3) is 0.526. The zero-order valence-corrected chi connectivity index (χ0v) is 15.8. The number of benzene rings is 1. The van der Waals surface area contributed by atoms with Crippen LogP contribution in [0.1, 0.15) is 57.8 Å². The van der Waals surface area contributed by atoms with E-state index in [1.807, 2.05) is 6.92 Å². The molecule has 1 aromatic carbocycles. The molecule has 0 saturated carbocycles. The van der Waals surface area contributed by atoms with Crippen molar-refractivity contribution in [2.75, 3.05) is 33.3 Å². The molecule has 0 spiro atoms. The molecular weight excluding hydrogens is 358 g/mol. The van der Waals surface area contributed by atoms with E-state index >= 15 is 0 Å². The Kier molecular flexibility index (Phi) is 6.51. The monoisotopic (exact) mass is 382 g/mol. The lowest BCUT2D eigenvalue weighted by Gasteiger charge is -2.19. The lowest BCUT2D eigenvalue weighted by Crippen LogP contribution is -2.32. The van der Waals surface area contributed by atoms with E-state index in [1.165, 1.54) is 23.1 Å². The number of halogens is 2. The van der Waals surface area contributed by atoms with Crippen LogP contribution in [-0.4, -0.2) is 66.8 Å². The smallest absolute Gasteiger partial charge is 0.338 e. The molecule has 0 aliphatic carbocycles. The van der Waals surface area contributed by atoms with Gasteiger partial charge in [0, 0.05) is 37.7 Å². The molecule has 27 heavy (non-hydrogen) atoms. The van der Waals surface area contributed by atoms with Crippen molar-refractivity contribution in [2.45, 2.75) is 32.6 Å². The van der Waals surface area contributed by atoms with Gasteiger partial charge >= 0.3 is 5.97 Å². The molecule has 8 heteroatoms. The largest absolute Gasteiger partial charge is 0.462 e. The summed E-state index contributed by atoms with van der Waals surface area (Å²) in [5.41, 5.74) is 0.208. The molecular formula is C19H24F2N2O4. The Labute approximate surface area is 157 Å². The minimum absolute atomic E-state index is 0.0199. The maximum Gasteiger partial charge on any atom is 0.338 e. The fourth-order valence-corrected chi connectivity index (χ4v) is 2.96. The molecule has 1 fully saturated rings. The van der Waals surface area contributed by atoms with Gasteiger partial charge in [-0.25, -0.2) is 13.6 Å². The third-order valence-electron chi connectivity index (χ3n) is 4.30. The Balaban J connectivity index is 2.39. The van der Waals surface area contributed by atoms with Gasteiger partial charge in [0.05, 0.1) is 18.7 Å². The Morgan fingerprint density at radius 3 is 2.33 bits per heavy atom.